The van der Waals surface area contributed by atoms with Gasteiger partial charge in [0.05, 0.1) is 0 Å². The van der Waals surface area contributed by atoms with Crippen LogP contribution in [0.4, 0.5) is 5.69 Å². The molecule has 0 amide bonds. The lowest BCUT2D eigenvalue weighted by Crippen LogP contribution is -1.94. The summed E-state index contributed by atoms with van der Waals surface area (Å²) in [5.41, 5.74) is 1.73. The van der Waals surface area contributed by atoms with E-state index < -0.39 is 0 Å². The number of aromatic hydroxyl groups is 1. The van der Waals surface area contributed by atoms with Gasteiger partial charge in [-0.3, -0.25) is 4.40 Å². The minimum atomic E-state index is -0.146. The molecule has 0 radical (unpaired) electrons. The topological polar surface area (TPSA) is 82.8 Å². The molecule has 0 atom stereocenters. The number of halogens is 1. The molecule has 20 heavy (non-hydrogen) atoms. The summed E-state index contributed by atoms with van der Waals surface area (Å²) >= 11 is 6.00. The Hall–Kier alpha value is -2.60. The van der Waals surface area contributed by atoms with Crippen molar-refractivity contribution in [2.75, 3.05) is 0 Å². The molecule has 6 nitrogen and oxygen atoms in total. The molecule has 2 N–H and O–H groups in total. The Morgan fingerprint density at radius 1 is 1.35 bits per heavy atom. The van der Waals surface area contributed by atoms with E-state index in [1.807, 2.05) is 0 Å². The SMILES string of the molecule is O=Nc1c2n3cc[nH]c3c(O)nc-2c2cc(Cl)ccc12. The molecule has 0 saturated carbocycles. The second-order valence-electron chi connectivity index (χ2n) is 4.44. The highest BCUT2D eigenvalue weighted by Gasteiger charge is 2.25. The van der Waals surface area contributed by atoms with Crippen LogP contribution in [0.1, 0.15) is 0 Å². The van der Waals surface area contributed by atoms with E-state index in [-0.39, 0.29) is 11.6 Å². The lowest BCUT2D eigenvalue weighted by molar-refractivity contribution is 0.456. The van der Waals surface area contributed by atoms with Gasteiger partial charge in [-0.25, -0.2) is 4.98 Å². The van der Waals surface area contributed by atoms with E-state index in [0.29, 0.717) is 32.8 Å². The summed E-state index contributed by atoms with van der Waals surface area (Å²) in [7, 11) is 0. The fraction of sp³-hybridized carbons (Fsp3) is 0. The van der Waals surface area contributed by atoms with Crippen molar-refractivity contribution in [3.63, 3.8) is 0 Å². The van der Waals surface area contributed by atoms with Gasteiger partial charge in [-0.2, -0.15) is 0 Å². The van der Waals surface area contributed by atoms with Crippen LogP contribution < -0.4 is 0 Å². The second-order valence-corrected chi connectivity index (χ2v) is 4.88. The average molecular weight is 287 g/mol. The number of nitrogens with one attached hydrogen (secondary N) is 1. The minimum Gasteiger partial charge on any atom is -0.491 e. The summed E-state index contributed by atoms with van der Waals surface area (Å²) in [6.45, 7) is 0. The smallest absolute Gasteiger partial charge is 0.254 e. The first-order valence-corrected chi connectivity index (χ1v) is 6.21. The van der Waals surface area contributed by atoms with Gasteiger partial charge in [0.2, 0.25) is 0 Å². The van der Waals surface area contributed by atoms with Crippen molar-refractivity contribution in [1.29, 1.82) is 0 Å². The van der Waals surface area contributed by atoms with Gasteiger partial charge in [-0.15, -0.1) is 4.91 Å². The zero-order valence-corrected chi connectivity index (χ0v) is 10.7. The molecule has 2 aliphatic rings. The summed E-state index contributed by atoms with van der Waals surface area (Å²) in [6, 6.07) is 5.13. The number of H-pyrrole nitrogens is 1. The first-order chi connectivity index (χ1) is 9.70. The lowest BCUT2D eigenvalue weighted by Gasteiger charge is -2.05. The maximum absolute atomic E-state index is 11.2. The van der Waals surface area contributed by atoms with Gasteiger partial charge in [0.15, 0.2) is 5.65 Å². The van der Waals surface area contributed by atoms with Gasteiger partial charge in [-0.1, -0.05) is 17.7 Å². The summed E-state index contributed by atoms with van der Waals surface area (Å²) in [5.74, 6) is -0.146. The molecule has 1 aromatic carbocycles. The fourth-order valence-corrected chi connectivity index (χ4v) is 2.74. The maximum Gasteiger partial charge on any atom is 0.254 e. The monoisotopic (exact) mass is 286 g/mol. The van der Waals surface area contributed by atoms with Gasteiger partial charge in [0.1, 0.15) is 17.1 Å². The number of benzene rings is 1. The molecule has 1 aliphatic carbocycles. The largest absolute Gasteiger partial charge is 0.491 e. The second kappa shape index (κ2) is 3.71. The van der Waals surface area contributed by atoms with Gasteiger partial charge in [-0.05, 0) is 17.3 Å². The first-order valence-electron chi connectivity index (χ1n) is 5.83. The molecule has 2 heterocycles. The highest BCUT2D eigenvalue weighted by atomic mass is 35.5. The lowest BCUT2D eigenvalue weighted by atomic mass is 10.2. The number of aromatic nitrogens is 3. The first kappa shape index (κ1) is 11.2. The number of hydrogen-bond donors (Lipinski definition) is 2. The molecule has 0 fully saturated rings. The Bertz CT molecular complexity index is 956. The molecule has 7 heteroatoms. The predicted molar refractivity (Wildman–Crippen MR) is 75.8 cm³/mol. The molecule has 0 unspecified atom stereocenters. The van der Waals surface area contributed by atoms with Crippen LogP contribution >= 0.6 is 11.6 Å². The summed E-state index contributed by atoms with van der Waals surface area (Å²) < 4.78 is 1.66. The highest BCUT2D eigenvalue weighted by molar-refractivity contribution is 6.32. The number of aromatic amines is 1. The third kappa shape index (κ3) is 1.26. The van der Waals surface area contributed by atoms with E-state index >= 15 is 0 Å². The molecular weight excluding hydrogens is 280 g/mol. The zero-order valence-electron chi connectivity index (χ0n) is 9.96. The Kier molecular flexibility index (Phi) is 2.08. The van der Waals surface area contributed by atoms with Gasteiger partial charge >= 0.3 is 0 Å². The van der Waals surface area contributed by atoms with E-state index in [2.05, 4.69) is 15.1 Å². The average Bonchev–Trinajstić information content (AvgIpc) is 3.01. The molecule has 0 bridgehead atoms. The molecule has 1 aromatic heterocycles. The van der Waals surface area contributed by atoms with Gasteiger partial charge in [0.25, 0.3) is 5.88 Å². The van der Waals surface area contributed by atoms with Crippen molar-refractivity contribution >= 4 is 33.7 Å². The summed E-state index contributed by atoms with van der Waals surface area (Å²) in [4.78, 5) is 18.3. The Balaban J connectivity index is 2.35. The molecule has 2 aromatic rings. The molecule has 1 aliphatic heterocycles. The third-order valence-electron chi connectivity index (χ3n) is 3.39. The van der Waals surface area contributed by atoms with Crippen molar-refractivity contribution in [3.8, 4) is 17.3 Å². The zero-order chi connectivity index (χ0) is 13.9. The number of rotatable bonds is 1. The number of hydrogen-bond acceptors (Lipinski definition) is 4. The number of nitroso groups, excluding NO2 is 1. The van der Waals surface area contributed by atoms with Crippen LogP contribution in [-0.2, 0) is 0 Å². The van der Waals surface area contributed by atoms with Crippen LogP contribution in [0.2, 0.25) is 5.02 Å². The van der Waals surface area contributed by atoms with Crippen molar-refractivity contribution in [2.45, 2.75) is 0 Å². The summed E-state index contributed by atoms with van der Waals surface area (Å²) in [5, 5.41) is 15.0. The molecule has 98 valence electrons. The number of fused-ring (bicyclic) bond motifs is 5. The molecule has 0 saturated heterocycles. The Morgan fingerprint density at radius 2 is 2.20 bits per heavy atom. The standard InChI is InChI=1S/C13H7ClN4O2/c14-6-1-2-7-8(5-6)9-11(10(7)17-20)18-4-3-15-12(18)13(19)16-9/h1-5,15,19H. The summed E-state index contributed by atoms with van der Waals surface area (Å²) in [6.07, 6.45) is 3.35. The van der Waals surface area contributed by atoms with Crippen molar-refractivity contribution < 1.29 is 5.11 Å². The van der Waals surface area contributed by atoms with Crippen LogP contribution in [-0.4, -0.2) is 19.5 Å². The van der Waals surface area contributed by atoms with Crippen molar-refractivity contribution in [1.82, 2.24) is 14.4 Å². The fourth-order valence-electron chi connectivity index (χ4n) is 2.57. The highest BCUT2D eigenvalue weighted by Crippen LogP contribution is 2.45. The maximum atomic E-state index is 11.2. The Morgan fingerprint density at radius 3 is 3.00 bits per heavy atom. The van der Waals surface area contributed by atoms with E-state index in [0.717, 1.165) is 0 Å². The number of nitrogens with zero attached hydrogens (tertiary/aromatic N) is 3. The molecular formula is C13H7ClN4O2. The molecule has 0 spiro atoms. The van der Waals surface area contributed by atoms with Crippen molar-refractivity contribution in [3.05, 3.63) is 40.5 Å². The van der Waals surface area contributed by atoms with E-state index in [1.54, 1.807) is 35.0 Å². The molecule has 4 rings (SSSR count). The van der Waals surface area contributed by atoms with Crippen molar-refractivity contribution in [2.24, 2.45) is 5.18 Å². The van der Waals surface area contributed by atoms with Crippen LogP contribution in [0.15, 0.2) is 35.8 Å². The van der Waals surface area contributed by atoms with Gasteiger partial charge in [0, 0.05) is 28.2 Å². The van der Waals surface area contributed by atoms with Crippen LogP contribution in [0.3, 0.4) is 0 Å². The Labute approximate surface area is 116 Å². The quantitative estimate of drug-likeness (QED) is 0.524. The normalized spacial score (nSPS) is 11.7. The third-order valence-corrected chi connectivity index (χ3v) is 3.62. The predicted octanol–water partition coefficient (Wildman–Crippen LogP) is 3.68. The van der Waals surface area contributed by atoms with Gasteiger partial charge < -0.3 is 10.1 Å². The van der Waals surface area contributed by atoms with E-state index in [4.69, 9.17) is 11.6 Å². The number of imidazole rings is 1. The van der Waals surface area contributed by atoms with Crippen LogP contribution in [0, 0.1) is 4.91 Å². The van der Waals surface area contributed by atoms with Crippen LogP contribution in [0.25, 0.3) is 27.8 Å². The van der Waals surface area contributed by atoms with Crippen LogP contribution in [0.5, 0.6) is 5.88 Å². The van der Waals surface area contributed by atoms with E-state index in [9.17, 15) is 10.0 Å². The minimum absolute atomic E-state index is 0.146. The van der Waals surface area contributed by atoms with E-state index in [1.165, 1.54) is 0 Å².